The van der Waals surface area contributed by atoms with E-state index in [2.05, 4.69) is 21.4 Å². The molecular weight excluding hydrogens is 564 g/mol. The number of aromatic nitrogens is 3. The van der Waals surface area contributed by atoms with Gasteiger partial charge in [-0.3, -0.25) is 14.3 Å². The molecule has 1 N–H and O–H groups in total. The van der Waals surface area contributed by atoms with Crippen molar-refractivity contribution in [3.8, 4) is 6.07 Å². The highest BCUT2D eigenvalue weighted by atomic mass is 19.3. The first-order valence-corrected chi connectivity index (χ1v) is 14.8. The Morgan fingerprint density at radius 2 is 1.81 bits per heavy atom. The lowest BCUT2D eigenvalue weighted by atomic mass is 9.85. The predicted octanol–water partition coefficient (Wildman–Crippen LogP) is 5.38. The van der Waals surface area contributed by atoms with Gasteiger partial charge in [0.1, 0.15) is 17.8 Å². The molecule has 8 bridgehead atoms. The molecule has 1 aromatic carbocycles. The van der Waals surface area contributed by atoms with Gasteiger partial charge in [0.15, 0.2) is 0 Å². The van der Waals surface area contributed by atoms with Gasteiger partial charge >= 0.3 is 0 Å². The molecule has 1 atom stereocenters. The molecule has 4 aliphatic rings. The summed E-state index contributed by atoms with van der Waals surface area (Å²) < 4.78 is 68.1. The first kappa shape index (κ1) is 29.5. The summed E-state index contributed by atoms with van der Waals surface area (Å²) in [5.41, 5.74) is -0.158. The highest BCUT2D eigenvalue weighted by molar-refractivity contribution is 5.87. The van der Waals surface area contributed by atoms with Crippen molar-refractivity contribution in [2.24, 2.45) is 5.92 Å². The molecule has 1 aliphatic carbocycles. The van der Waals surface area contributed by atoms with Gasteiger partial charge in [-0.05, 0) is 63.4 Å². The molecule has 0 unspecified atom stereocenters. The summed E-state index contributed by atoms with van der Waals surface area (Å²) >= 11 is 0. The summed E-state index contributed by atoms with van der Waals surface area (Å²) in [4.78, 5) is 23.9. The van der Waals surface area contributed by atoms with Crippen LogP contribution in [0.4, 0.5) is 23.4 Å². The molecule has 1 saturated carbocycles. The lowest BCUT2D eigenvalue weighted by molar-refractivity contribution is -0.100. The number of nitriles is 1. The Morgan fingerprint density at radius 3 is 2.53 bits per heavy atom. The number of benzene rings is 1. The first-order valence-electron chi connectivity index (χ1n) is 14.8. The number of alkyl halides is 4. The van der Waals surface area contributed by atoms with Crippen molar-refractivity contribution in [3.63, 3.8) is 0 Å². The second-order valence-corrected chi connectivity index (χ2v) is 12.1. The maximum Gasteiger partial charge on any atom is 0.276 e. The van der Waals surface area contributed by atoms with Gasteiger partial charge in [-0.1, -0.05) is 18.2 Å². The second kappa shape index (κ2) is 11.2. The topological polar surface area (TPSA) is 96.1 Å². The Balaban J connectivity index is 1.41. The molecule has 0 amide bonds. The number of nitrogens with one attached hydrogen (secondary N) is 1. The molecule has 5 heterocycles. The van der Waals surface area contributed by atoms with Crippen LogP contribution in [0.5, 0.6) is 0 Å². The zero-order valence-electron chi connectivity index (χ0n) is 24.0. The van der Waals surface area contributed by atoms with E-state index in [4.69, 9.17) is 4.74 Å². The Bertz CT molecular complexity index is 1610. The molecule has 3 aliphatic heterocycles. The van der Waals surface area contributed by atoms with Crippen molar-refractivity contribution in [2.45, 2.75) is 68.9 Å². The number of pyridine rings is 1. The normalized spacial score (nSPS) is 26.7. The minimum atomic E-state index is -3.13. The number of rotatable bonds is 1. The molecule has 12 heteroatoms. The number of hydrogen-bond acceptors (Lipinski definition) is 7. The highest BCUT2D eigenvalue weighted by Gasteiger charge is 2.48. The van der Waals surface area contributed by atoms with Crippen molar-refractivity contribution in [1.82, 2.24) is 19.4 Å². The van der Waals surface area contributed by atoms with E-state index in [-0.39, 0.29) is 56.8 Å². The van der Waals surface area contributed by atoms with Crippen molar-refractivity contribution < 1.29 is 22.3 Å². The Morgan fingerprint density at radius 1 is 1.05 bits per heavy atom. The molecule has 1 saturated heterocycles. The first-order chi connectivity index (χ1) is 20.5. The van der Waals surface area contributed by atoms with E-state index in [0.717, 1.165) is 0 Å². The SMILES string of the molecule is C[C@H]1Nc2ncnc3c2cc(C2(C#N)CC2)c(=O)n3CCOCCC(F)(F)CN2CCC(CC2)C(F)(F)c2cccc1c2. The van der Waals surface area contributed by atoms with E-state index in [1.54, 1.807) is 23.1 Å². The van der Waals surface area contributed by atoms with Crippen molar-refractivity contribution in [1.29, 1.82) is 5.26 Å². The van der Waals surface area contributed by atoms with Gasteiger partial charge in [0.05, 0.1) is 43.2 Å². The van der Waals surface area contributed by atoms with Crippen molar-refractivity contribution in [2.75, 3.05) is 38.2 Å². The van der Waals surface area contributed by atoms with E-state index >= 15 is 8.78 Å². The van der Waals surface area contributed by atoms with Crippen molar-refractivity contribution in [3.05, 3.63) is 63.7 Å². The molecule has 3 aromatic rings. The maximum absolute atomic E-state index is 15.8. The Kier molecular flexibility index (Phi) is 7.67. The zero-order valence-corrected chi connectivity index (χ0v) is 24.0. The monoisotopic (exact) mass is 598 g/mol. The summed E-state index contributed by atoms with van der Waals surface area (Å²) in [6, 6.07) is 9.73. The third-order valence-electron chi connectivity index (χ3n) is 9.11. The van der Waals surface area contributed by atoms with Gasteiger partial charge < -0.3 is 10.1 Å². The Hall–Kier alpha value is -3.56. The van der Waals surface area contributed by atoms with Crippen LogP contribution < -0.4 is 10.9 Å². The van der Waals surface area contributed by atoms with Crippen LogP contribution in [0, 0.1) is 17.2 Å². The van der Waals surface area contributed by atoms with Crippen LogP contribution >= 0.6 is 0 Å². The van der Waals surface area contributed by atoms with Crippen LogP contribution in [0.2, 0.25) is 0 Å². The fourth-order valence-corrected chi connectivity index (χ4v) is 6.29. The van der Waals surface area contributed by atoms with E-state index in [1.807, 2.05) is 6.92 Å². The average Bonchev–Trinajstić information content (AvgIpc) is 3.79. The minimum Gasteiger partial charge on any atom is -0.379 e. The van der Waals surface area contributed by atoms with Gasteiger partial charge in [-0.2, -0.15) is 5.26 Å². The van der Waals surface area contributed by atoms with Gasteiger partial charge in [-0.15, -0.1) is 0 Å². The molecule has 8 nitrogen and oxygen atoms in total. The van der Waals surface area contributed by atoms with Gasteiger partial charge in [-0.25, -0.2) is 27.5 Å². The minimum absolute atomic E-state index is 0.00939. The van der Waals surface area contributed by atoms with E-state index in [9.17, 15) is 18.8 Å². The molecular formula is C31H34F4N6O2. The molecule has 228 valence electrons. The lowest BCUT2D eigenvalue weighted by Gasteiger charge is -2.37. The lowest BCUT2D eigenvalue weighted by Crippen LogP contribution is -2.44. The third-order valence-corrected chi connectivity index (χ3v) is 9.11. The van der Waals surface area contributed by atoms with Crippen LogP contribution in [0.3, 0.4) is 0 Å². The molecule has 2 aromatic heterocycles. The smallest absolute Gasteiger partial charge is 0.276 e. The van der Waals surface area contributed by atoms with E-state index in [0.29, 0.717) is 40.8 Å². The number of hydrogen-bond donors (Lipinski definition) is 1. The number of halogens is 4. The quantitative estimate of drug-likeness (QED) is 0.376. The maximum atomic E-state index is 15.8. The standard InChI is InChI=1S/C31H34F4N6O2/c1-20-21-3-2-4-23(15-21)31(34,35)22-5-10-40(11-6-22)18-30(32,33)9-13-43-14-12-41-27-24(26(39-20)37-19-38-27)16-25(28(41)42)29(17-36)7-8-29/h2-4,15-16,19-20,22H,5-14,18H2,1H3,(H,37,38,39)/t20-/m1/s1. The number of anilines is 1. The number of nitrogens with zero attached hydrogens (tertiary/aromatic N) is 5. The number of fused-ring (bicyclic) bond motifs is 9. The Labute approximate surface area is 246 Å². The van der Waals surface area contributed by atoms with Crippen LogP contribution in [0.1, 0.15) is 61.8 Å². The molecule has 2 fully saturated rings. The van der Waals surface area contributed by atoms with Gasteiger partial charge in [0.25, 0.3) is 17.4 Å². The van der Waals surface area contributed by atoms with Crippen LogP contribution in [0.15, 0.2) is 41.5 Å². The predicted molar refractivity (Wildman–Crippen MR) is 152 cm³/mol. The number of piperidine rings is 1. The van der Waals surface area contributed by atoms with Gasteiger partial charge in [0, 0.05) is 29.5 Å². The molecule has 0 radical (unpaired) electrons. The third kappa shape index (κ3) is 5.72. The average molecular weight is 599 g/mol. The van der Waals surface area contributed by atoms with E-state index in [1.165, 1.54) is 23.0 Å². The summed E-state index contributed by atoms with van der Waals surface area (Å²) in [5.74, 6) is -6.75. The fraction of sp³-hybridized carbons (Fsp3) is 0.548. The largest absolute Gasteiger partial charge is 0.379 e. The second-order valence-electron chi connectivity index (χ2n) is 12.1. The molecule has 7 rings (SSSR count). The van der Waals surface area contributed by atoms with Crippen LogP contribution in [0.25, 0.3) is 11.0 Å². The fourth-order valence-electron chi connectivity index (χ4n) is 6.29. The summed E-state index contributed by atoms with van der Waals surface area (Å²) in [5, 5.41) is 13.7. The van der Waals surface area contributed by atoms with Crippen molar-refractivity contribution >= 4 is 16.9 Å². The molecule has 0 spiro atoms. The van der Waals surface area contributed by atoms with Crippen LogP contribution in [-0.2, 0) is 22.6 Å². The molecule has 43 heavy (non-hydrogen) atoms. The summed E-state index contributed by atoms with van der Waals surface area (Å²) in [6.45, 7) is 1.46. The van der Waals surface area contributed by atoms with Gasteiger partial charge in [0.2, 0.25) is 0 Å². The van der Waals surface area contributed by atoms with E-state index < -0.39 is 42.2 Å². The summed E-state index contributed by atoms with van der Waals surface area (Å²) in [7, 11) is 0. The number of ether oxygens (including phenoxy) is 1. The van der Waals surface area contributed by atoms with Crippen LogP contribution in [-0.4, -0.2) is 58.2 Å². The highest BCUT2D eigenvalue weighted by Crippen LogP contribution is 2.47. The zero-order chi connectivity index (χ0) is 30.4. The summed E-state index contributed by atoms with van der Waals surface area (Å²) in [6.07, 6.45) is 2.10.